The lowest BCUT2D eigenvalue weighted by atomic mass is 10.1. The van der Waals surface area contributed by atoms with E-state index in [9.17, 15) is 0 Å². The van der Waals surface area contributed by atoms with Crippen LogP contribution in [-0.4, -0.2) is 32.0 Å². The summed E-state index contributed by atoms with van der Waals surface area (Å²) in [5.41, 5.74) is 0.536. The van der Waals surface area contributed by atoms with Crippen molar-refractivity contribution < 1.29 is 4.84 Å². The molecule has 16 heavy (non-hydrogen) atoms. The van der Waals surface area contributed by atoms with Gasteiger partial charge in [0.15, 0.2) is 0 Å². The smallest absolute Gasteiger partial charge is 0.0812 e. The van der Waals surface area contributed by atoms with E-state index in [1.54, 1.807) is 0 Å². The molecule has 0 aromatic heterocycles. The Kier molecular flexibility index (Phi) is 5.48. The van der Waals surface area contributed by atoms with Crippen LogP contribution >= 0.6 is 0 Å². The Bertz CT molecular complexity index is 203. The molecule has 1 heterocycles. The van der Waals surface area contributed by atoms with Crippen LogP contribution in [0.2, 0.25) is 19.6 Å². The Morgan fingerprint density at radius 2 is 1.88 bits per heavy atom. The number of hydrogen-bond donors (Lipinski definition) is 0. The molecule has 2 atom stereocenters. The zero-order valence-corrected chi connectivity index (χ0v) is 12.8. The molecule has 0 spiro atoms. The number of rotatable bonds is 6. The van der Waals surface area contributed by atoms with Gasteiger partial charge in [0.05, 0.1) is 13.8 Å². The Labute approximate surface area is 102 Å². The second-order valence-corrected chi connectivity index (χ2v) is 11.6. The lowest BCUT2D eigenvalue weighted by molar-refractivity contribution is -0.125. The Morgan fingerprint density at radius 3 is 2.38 bits per heavy atom. The molecule has 0 bridgehead atoms. The summed E-state index contributed by atoms with van der Waals surface area (Å²) in [4.78, 5) is 5.99. The minimum Gasteiger partial charge on any atom is -0.299 e. The molecule has 1 aliphatic heterocycles. The summed E-state index contributed by atoms with van der Waals surface area (Å²) in [6, 6.07) is 0.675. The standard InChI is InChI=1S/C13H29NOSi/c1-6-7-8-9-10-12-11-13(15-14(12)2)16(3,4)5/h12-13H,6-11H2,1-5H3. The van der Waals surface area contributed by atoms with Crippen molar-refractivity contribution >= 4 is 8.07 Å². The second-order valence-electron chi connectivity index (χ2n) is 6.25. The molecule has 1 saturated heterocycles. The van der Waals surface area contributed by atoms with Crippen LogP contribution in [0.5, 0.6) is 0 Å². The molecule has 0 radical (unpaired) electrons. The maximum Gasteiger partial charge on any atom is 0.0812 e. The fourth-order valence-electron chi connectivity index (χ4n) is 2.34. The third-order valence-corrected chi connectivity index (χ3v) is 5.92. The summed E-state index contributed by atoms with van der Waals surface area (Å²) < 4.78 is 0. The molecule has 1 rings (SSSR count). The Balaban J connectivity index is 2.28. The van der Waals surface area contributed by atoms with Gasteiger partial charge in [0.2, 0.25) is 0 Å². The van der Waals surface area contributed by atoms with E-state index in [0.29, 0.717) is 11.8 Å². The Hall–Kier alpha value is 0.137. The summed E-state index contributed by atoms with van der Waals surface area (Å²) in [7, 11) is 0.990. The van der Waals surface area contributed by atoms with E-state index in [1.165, 1.54) is 38.5 Å². The van der Waals surface area contributed by atoms with Crippen LogP contribution in [0.3, 0.4) is 0 Å². The molecule has 0 amide bonds. The van der Waals surface area contributed by atoms with Gasteiger partial charge < -0.3 is 0 Å². The zero-order chi connectivity index (χ0) is 12.2. The molecule has 1 fully saturated rings. The van der Waals surface area contributed by atoms with Gasteiger partial charge in [-0.25, -0.2) is 0 Å². The number of hydroxylamine groups is 2. The van der Waals surface area contributed by atoms with Gasteiger partial charge >= 0.3 is 0 Å². The van der Waals surface area contributed by atoms with Crippen molar-refractivity contribution in [1.29, 1.82) is 0 Å². The quantitative estimate of drug-likeness (QED) is 0.519. The van der Waals surface area contributed by atoms with Crippen molar-refractivity contribution in [3.8, 4) is 0 Å². The first-order valence-electron chi connectivity index (χ1n) is 6.84. The van der Waals surface area contributed by atoms with Gasteiger partial charge in [-0.1, -0.05) is 52.2 Å². The van der Waals surface area contributed by atoms with Gasteiger partial charge in [-0.2, -0.15) is 5.06 Å². The second kappa shape index (κ2) is 6.17. The lowest BCUT2D eigenvalue weighted by Crippen LogP contribution is -2.38. The van der Waals surface area contributed by atoms with Crippen molar-refractivity contribution in [2.45, 2.75) is 76.9 Å². The molecule has 3 heteroatoms. The fraction of sp³-hybridized carbons (Fsp3) is 1.00. The normalized spacial score (nSPS) is 27.6. The highest BCUT2D eigenvalue weighted by Crippen LogP contribution is 2.29. The predicted molar refractivity (Wildman–Crippen MR) is 73.1 cm³/mol. The first-order valence-corrected chi connectivity index (χ1v) is 10.4. The van der Waals surface area contributed by atoms with Crippen molar-refractivity contribution in [2.75, 3.05) is 7.05 Å². The van der Waals surface area contributed by atoms with Crippen LogP contribution in [0.25, 0.3) is 0 Å². The molecule has 1 aliphatic rings. The lowest BCUT2D eigenvalue weighted by Gasteiger charge is -2.23. The van der Waals surface area contributed by atoms with Crippen molar-refractivity contribution in [3.63, 3.8) is 0 Å². The molecule has 2 nitrogen and oxygen atoms in total. The maximum absolute atomic E-state index is 5.99. The van der Waals surface area contributed by atoms with E-state index >= 15 is 0 Å². The van der Waals surface area contributed by atoms with Gasteiger partial charge in [-0.3, -0.25) is 4.84 Å². The third-order valence-electron chi connectivity index (χ3n) is 3.65. The van der Waals surface area contributed by atoms with Crippen molar-refractivity contribution in [1.82, 2.24) is 5.06 Å². The SMILES string of the molecule is CCCCCCC1CC([Si](C)(C)C)ON1C. The molecular formula is C13H29NOSi. The minimum absolute atomic E-state index is 0.536. The van der Waals surface area contributed by atoms with Crippen LogP contribution in [-0.2, 0) is 4.84 Å². The number of unbranched alkanes of at least 4 members (excludes halogenated alkanes) is 3. The van der Waals surface area contributed by atoms with Crippen LogP contribution in [0.1, 0.15) is 45.4 Å². The number of nitrogens with zero attached hydrogens (tertiary/aromatic N) is 1. The highest BCUT2D eigenvalue weighted by atomic mass is 28.3. The van der Waals surface area contributed by atoms with E-state index in [-0.39, 0.29) is 0 Å². The van der Waals surface area contributed by atoms with Crippen LogP contribution in [0, 0.1) is 0 Å². The Morgan fingerprint density at radius 1 is 1.19 bits per heavy atom. The molecule has 0 aromatic rings. The average molecular weight is 243 g/mol. The molecule has 2 unspecified atom stereocenters. The molecule has 0 aromatic carbocycles. The van der Waals surface area contributed by atoms with Crippen LogP contribution < -0.4 is 0 Å². The minimum atomic E-state index is -1.13. The van der Waals surface area contributed by atoms with E-state index in [4.69, 9.17) is 4.84 Å². The van der Waals surface area contributed by atoms with Crippen LogP contribution in [0.15, 0.2) is 0 Å². The van der Waals surface area contributed by atoms with E-state index in [1.807, 2.05) is 0 Å². The van der Waals surface area contributed by atoms with Gasteiger partial charge in [0.1, 0.15) is 0 Å². The zero-order valence-electron chi connectivity index (χ0n) is 11.8. The maximum atomic E-state index is 5.99. The summed E-state index contributed by atoms with van der Waals surface area (Å²) in [5, 5.41) is 2.13. The molecular weight excluding hydrogens is 214 g/mol. The first kappa shape index (κ1) is 14.2. The van der Waals surface area contributed by atoms with E-state index in [0.717, 1.165) is 0 Å². The molecule has 0 aliphatic carbocycles. The number of hydrogen-bond acceptors (Lipinski definition) is 2. The summed E-state index contributed by atoms with van der Waals surface area (Å²) >= 11 is 0. The third kappa shape index (κ3) is 4.19. The molecule has 0 N–H and O–H groups in total. The summed E-state index contributed by atoms with van der Waals surface area (Å²) in [5.74, 6) is 0. The molecule has 0 saturated carbocycles. The van der Waals surface area contributed by atoms with E-state index < -0.39 is 8.07 Å². The first-order chi connectivity index (χ1) is 7.45. The van der Waals surface area contributed by atoms with Gasteiger partial charge in [0.25, 0.3) is 0 Å². The molecule has 96 valence electrons. The summed E-state index contributed by atoms with van der Waals surface area (Å²) in [6.45, 7) is 9.49. The topological polar surface area (TPSA) is 12.5 Å². The van der Waals surface area contributed by atoms with Gasteiger partial charge in [-0.05, 0) is 12.8 Å². The fourth-order valence-corrected chi connectivity index (χ4v) is 3.81. The highest BCUT2D eigenvalue weighted by molar-refractivity contribution is 6.77. The largest absolute Gasteiger partial charge is 0.299 e. The highest BCUT2D eigenvalue weighted by Gasteiger charge is 2.38. The summed E-state index contributed by atoms with van der Waals surface area (Å²) in [6.07, 6.45) is 8.04. The predicted octanol–water partition coefficient (Wildman–Crippen LogP) is 3.84. The monoisotopic (exact) mass is 243 g/mol. The van der Waals surface area contributed by atoms with Crippen molar-refractivity contribution in [2.24, 2.45) is 0 Å². The van der Waals surface area contributed by atoms with Crippen molar-refractivity contribution in [3.05, 3.63) is 0 Å². The van der Waals surface area contributed by atoms with Gasteiger partial charge in [0, 0.05) is 13.1 Å². The van der Waals surface area contributed by atoms with Gasteiger partial charge in [-0.15, -0.1) is 0 Å². The average Bonchev–Trinajstić information content (AvgIpc) is 2.55. The van der Waals surface area contributed by atoms with Crippen LogP contribution in [0.4, 0.5) is 0 Å². The van der Waals surface area contributed by atoms with E-state index in [2.05, 4.69) is 38.7 Å².